The van der Waals surface area contributed by atoms with Gasteiger partial charge in [0, 0.05) is 41.2 Å². The minimum absolute atomic E-state index is 0.00580. The second-order valence-corrected chi connectivity index (χ2v) is 51.4. The molecule has 0 N–H and O–H groups in total. The van der Waals surface area contributed by atoms with E-state index in [4.69, 9.17) is 31.6 Å². The number of carbonyl (C=O) groups is 2. The van der Waals surface area contributed by atoms with Crippen LogP contribution in [0.1, 0.15) is 224 Å². The molecule has 83 heavy (non-hydrogen) atoms. The van der Waals surface area contributed by atoms with E-state index in [1.807, 2.05) is 13.0 Å². The van der Waals surface area contributed by atoms with Crippen LogP contribution in [-0.4, -0.2) is 88.2 Å². The average molecular weight is 1230 g/mol. The molecular formula is C70H128O9Si4. The molecule has 0 aromatic rings. The molecule has 9 nitrogen and oxygen atoms in total. The number of cyclic esters (lactones) is 1. The van der Waals surface area contributed by atoms with Gasteiger partial charge in [0.25, 0.3) is 0 Å². The molecule has 0 radical (unpaired) electrons. The van der Waals surface area contributed by atoms with Crippen LogP contribution in [-0.2, 0) is 41.2 Å². The lowest BCUT2D eigenvalue weighted by atomic mass is 9.89. The van der Waals surface area contributed by atoms with Gasteiger partial charge in [-0.3, -0.25) is 4.79 Å². The molecule has 2 rings (SSSR count). The molecule has 0 bridgehead atoms. The Bertz CT molecular complexity index is 2300. The molecule has 0 aliphatic carbocycles. The maximum absolute atomic E-state index is 13.5. The van der Waals surface area contributed by atoms with Crippen molar-refractivity contribution >= 4 is 45.5 Å². The first-order chi connectivity index (χ1) is 37.4. The topological polar surface area (TPSA) is 98.8 Å². The molecular weight excluding hydrogens is 1100 g/mol. The summed E-state index contributed by atoms with van der Waals surface area (Å²) in [5, 5.41) is -0.0149. The number of hydrogen-bond donors (Lipinski definition) is 0. The number of carbonyl (C=O) groups excluding carboxylic acids is 2. The van der Waals surface area contributed by atoms with Crippen LogP contribution in [0.25, 0.3) is 0 Å². The van der Waals surface area contributed by atoms with E-state index in [0.717, 1.165) is 42.4 Å². The van der Waals surface area contributed by atoms with E-state index in [0.29, 0.717) is 19.3 Å². The summed E-state index contributed by atoms with van der Waals surface area (Å²) in [6.07, 6.45) is 23.2. The molecule has 2 heterocycles. The molecule has 10 atom stereocenters. The number of allylic oxidation sites excluding steroid dienone is 10. The third kappa shape index (κ3) is 24.0. The SMILES string of the molecule is CC(=C\C=C\C(C)=C\[C@H](O[Si](C)(C)C(C)(C)C)[C@H](C[C@H](C)O[Si](C)(C)C(C)(C)C)O[Si](C)(C)C(C)(C)C)/C=C(C)/C=C/C(=O)O[C@H]1CCCC(=O)O[C@@H]([C@@H](C)C/C(C)=C/[C@@H](C)[C@H]2C[C@@H](C)O[Si](C(C)(C)C)(C(C)(C)C)O2)C/C=C(\C)C[C@@H]1C. The lowest BCUT2D eigenvalue weighted by Crippen LogP contribution is -2.63. The van der Waals surface area contributed by atoms with E-state index in [9.17, 15) is 9.59 Å². The van der Waals surface area contributed by atoms with E-state index >= 15 is 0 Å². The van der Waals surface area contributed by atoms with Crippen LogP contribution in [0.2, 0.25) is 64.5 Å². The van der Waals surface area contributed by atoms with Crippen molar-refractivity contribution in [3.05, 3.63) is 82.5 Å². The third-order valence-electron chi connectivity index (χ3n) is 18.8. The summed E-state index contributed by atoms with van der Waals surface area (Å²) >= 11 is 0. The number of esters is 2. The van der Waals surface area contributed by atoms with E-state index in [2.05, 4.69) is 248 Å². The molecule has 478 valence electrons. The molecule has 13 heteroatoms. The van der Waals surface area contributed by atoms with E-state index < -0.39 is 33.5 Å². The van der Waals surface area contributed by atoms with Gasteiger partial charge in [-0.15, -0.1) is 0 Å². The Hall–Kier alpha value is -2.21. The van der Waals surface area contributed by atoms with Gasteiger partial charge in [-0.1, -0.05) is 201 Å². The molecule has 2 aliphatic rings. The van der Waals surface area contributed by atoms with Gasteiger partial charge in [-0.25, -0.2) is 4.79 Å². The molecule has 2 aliphatic heterocycles. The van der Waals surface area contributed by atoms with E-state index in [1.165, 1.54) is 17.2 Å². The Labute approximate surface area is 515 Å². The maximum Gasteiger partial charge on any atom is 0.349 e. The van der Waals surface area contributed by atoms with Crippen molar-refractivity contribution in [2.24, 2.45) is 17.8 Å². The summed E-state index contributed by atoms with van der Waals surface area (Å²) in [5.41, 5.74) is 5.58. The van der Waals surface area contributed by atoms with Crippen molar-refractivity contribution in [2.75, 3.05) is 0 Å². The van der Waals surface area contributed by atoms with E-state index in [-0.39, 0.29) is 104 Å². The van der Waals surface area contributed by atoms with Crippen LogP contribution < -0.4 is 0 Å². The molecule has 0 saturated carbocycles. The number of hydrogen-bond acceptors (Lipinski definition) is 9. The Morgan fingerprint density at radius 3 is 1.80 bits per heavy atom. The molecule has 0 spiro atoms. The lowest BCUT2D eigenvalue weighted by Gasteiger charge is -2.55. The minimum Gasteiger partial charge on any atom is -0.462 e. The summed E-state index contributed by atoms with van der Waals surface area (Å²) in [6.45, 7) is 70.0. The van der Waals surface area contributed by atoms with Gasteiger partial charge in [0.15, 0.2) is 25.0 Å². The maximum atomic E-state index is 13.5. The summed E-state index contributed by atoms with van der Waals surface area (Å²) in [4.78, 5) is 26.9. The predicted octanol–water partition coefficient (Wildman–Crippen LogP) is 20.7. The first-order valence-corrected chi connectivity index (χ1v) is 42.5. The van der Waals surface area contributed by atoms with Crippen LogP contribution in [0.15, 0.2) is 82.5 Å². The van der Waals surface area contributed by atoms with Crippen LogP contribution in [0.3, 0.4) is 0 Å². The van der Waals surface area contributed by atoms with Crippen LogP contribution in [0.5, 0.6) is 0 Å². The highest BCUT2D eigenvalue weighted by atomic mass is 28.4. The smallest absolute Gasteiger partial charge is 0.349 e. The molecule has 0 amide bonds. The minimum atomic E-state index is -2.62. The molecule has 0 aromatic carbocycles. The predicted molar refractivity (Wildman–Crippen MR) is 364 cm³/mol. The Kier molecular flexibility index (Phi) is 28.5. The largest absolute Gasteiger partial charge is 0.462 e. The zero-order valence-electron chi connectivity index (χ0n) is 59.3. The Morgan fingerprint density at radius 2 is 1.25 bits per heavy atom. The third-order valence-corrected chi connectivity index (χ3v) is 37.7. The zero-order valence-corrected chi connectivity index (χ0v) is 63.3. The van der Waals surface area contributed by atoms with Gasteiger partial charge in [0.05, 0.1) is 18.3 Å². The molecule has 0 unspecified atom stereocenters. The first-order valence-electron chi connectivity index (χ1n) is 32.0. The van der Waals surface area contributed by atoms with Gasteiger partial charge in [-0.05, 0) is 159 Å². The standard InChI is InChI=1S/C70H128O9Si4/c1-49(34-32-35-50(2)46-62(77-81(28,29)67(14,15)16)63(78-82(30,31)68(17,18)19)48-57(9)75-80(26,27)66(11,12)13)42-51(3)39-41-65(72)73-59-36-33-37-64(71)74-60(40-38-52(4)43-54(59)6)55(7)44-53(5)45-56(8)61-47-58(10)76-83(79-61,69(20,21)22)70(23,24)25/h32,34-35,38-39,41-42,45-46,54-63H,33,36-37,40,43-44,47-48H2,1-31H3/b35-32+,41-39+,49-34+,50-46+,51-42+,52-38+,53-45+/t54-,55-,56+,57-,58+,59-,60+,61+,62-,63-/m0/s1. The van der Waals surface area contributed by atoms with Gasteiger partial charge in [0.2, 0.25) is 0 Å². The van der Waals surface area contributed by atoms with Gasteiger partial charge in [0.1, 0.15) is 12.2 Å². The second-order valence-electron chi connectivity index (χ2n) is 32.4. The van der Waals surface area contributed by atoms with Crippen LogP contribution in [0.4, 0.5) is 0 Å². The highest BCUT2D eigenvalue weighted by Crippen LogP contribution is 2.56. The number of ether oxygens (including phenoxy) is 2. The highest BCUT2D eigenvalue weighted by Gasteiger charge is 2.62. The fraction of sp³-hybridized carbons (Fsp3) is 0.771. The van der Waals surface area contributed by atoms with Crippen LogP contribution >= 0.6 is 0 Å². The van der Waals surface area contributed by atoms with Gasteiger partial charge >= 0.3 is 20.5 Å². The molecule has 1 saturated heterocycles. The fourth-order valence-electron chi connectivity index (χ4n) is 11.0. The van der Waals surface area contributed by atoms with Crippen LogP contribution in [0, 0.1) is 17.8 Å². The van der Waals surface area contributed by atoms with Crippen molar-refractivity contribution in [3.8, 4) is 0 Å². The second kappa shape index (κ2) is 30.8. The van der Waals surface area contributed by atoms with E-state index in [1.54, 1.807) is 0 Å². The summed E-state index contributed by atoms with van der Waals surface area (Å²) < 4.78 is 48.1. The molecule has 0 aromatic heterocycles. The first kappa shape index (κ1) is 76.9. The average Bonchev–Trinajstić information content (AvgIpc) is 3.30. The Balaban J connectivity index is 2.26. The summed E-state index contributed by atoms with van der Waals surface area (Å²) in [7, 11) is -9.11. The van der Waals surface area contributed by atoms with Gasteiger partial charge in [-0.2, -0.15) is 0 Å². The summed E-state index contributed by atoms with van der Waals surface area (Å²) in [5.74, 6) is -0.150. The monoisotopic (exact) mass is 1220 g/mol. The van der Waals surface area contributed by atoms with Crippen molar-refractivity contribution in [2.45, 2.75) is 332 Å². The van der Waals surface area contributed by atoms with Crippen molar-refractivity contribution in [1.82, 2.24) is 0 Å². The normalized spacial score (nSPS) is 25.2. The van der Waals surface area contributed by atoms with Crippen molar-refractivity contribution in [1.29, 1.82) is 0 Å². The van der Waals surface area contributed by atoms with Gasteiger partial charge < -0.3 is 31.6 Å². The summed E-state index contributed by atoms with van der Waals surface area (Å²) in [6, 6.07) is 0. The highest BCUT2D eigenvalue weighted by molar-refractivity contribution is 6.75. The lowest BCUT2D eigenvalue weighted by molar-refractivity contribution is -0.152. The van der Waals surface area contributed by atoms with Crippen molar-refractivity contribution in [3.63, 3.8) is 0 Å². The fourth-order valence-corrected chi connectivity index (χ4v) is 20.2. The van der Waals surface area contributed by atoms with Crippen molar-refractivity contribution < 1.29 is 41.2 Å². The number of rotatable bonds is 21. The molecule has 1 fully saturated rings. The Morgan fingerprint density at radius 1 is 0.711 bits per heavy atom. The quantitative estimate of drug-likeness (QED) is 0.0366. The zero-order chi connectivity index (χ0) is 64.3.